The van der Waals surface area contributed by atoms with Gasteiger partial charge in [-0.05, 0) is 45.2 Å². The molecule has 5 heteroatoms. The van der Waals surface area contributed by atoms with Gasteiger partial charge in [-0.15, -0.1) is 0 Å². The van der Waals surface area contributed by atoms with Crippen molar-refractivity contribution in [3.63, 3.8) is 0 Å². The fourth-order valence-corrected chi connectivity index (χ4v) is 2.68. The summed E-state index contributed by atoms with van der Waals surface area (Å²) in [6.45, 7) is 2.99. The highest BCUT2D eigenvalue weighted by Gasteiger charge is 2.29. The van der Waals surface area contributed by atoms with Crippen LogP contribution in [0.1, 0.15) is 42.0 Å². The van der Waals surface area contributed by atoms with Gasteiger partial charge in [0.05, 0.1) is 5.69 Å². The number of hydrogen-bond donors (Lipinski definition) is 0. The fourth-order valence-electron chi connectivity index (χ4n) is 2.68. The number of fused-ring (bicyclic) bond motifs is 1. The minimum absolute atomic E-state index is 0.174. The number of Topliss-reactive ketones (excluding diaryl/α,β-unsaturated/α-hetero) is 1. The highest BCUT2D eigenvalue weighted by atomic mass is 16.5. The summed E-state index contributed by atoms with van der Waals surface area (Å²) in [6, 6.07) is 9.73. The van der Waals surface area contributed by atoms with Gasteiger partial charge in [-0.25, -0.2) is 9.48 Å². The van der Waals surface area contributed by atoms with Gasteiger partial charge < -0.3 is 4.74 Å². The van der Waals surface area contributed by atoms with Gasteiger partial charge in [-0.2, -0.15) is 5.10 Å². The van der Waals surface area contributed by atoms with Crippen LogP contribution in [0.3, 0.4) is 0 Å². The number of nitrogens with zero attached hydrogens (tertiary/aromatic N) is 2. The van der Waals surface area contributed by atoms with Crippen molar-refractivity contribution in [2.75, 3.05) is 0 Å². The van der Waals surface area contributed by atoms with E-state index in [1.165, 1.54) is 6.92 Å². The Hall–Kier alpha value is -2.43. The molecule has 0 bridgehead atoms. The number of ether oxygens (including phenoxy) is 1. The van der Waals surface area contributed by atoms with Crippen molar-refractivity contribution in [3.05, 3.63) is 47.3 Å². The maximum absolute atomic E-state index is 12.3. The van der Waals surface area contributed by atoms with Crippen LogP contribution in [-0.2, 0) is 22.4 Å². The van der Waals surface area contributed by atoms with Gasteiger partial charge >= 0.3 is 5.97 Å². The molecule has 3 rings (SSSR count). The molecule has 1 aliphatic rings. The van der Waals surface area contributed by atoms with Gasteiger partial charge in [0, 0.05) is 11.3 Å². The molecule has 0 fully saturated rings. The highest BCUT2D eigenvalue weighted by molar-refractivity contribution is 5.92. The van der Waals surface area contributed by atoms with Crippen LogP contribution in [0.2, 0.25) is 0 Å². The van der Waals surface area contributed by atoms with Crippen LogP contribution in [0.15, 0.2) is 30.3 Å². The average Bonchev–Trinajstić information content (AvgIpc) is 3.09. The Morgan fingerprint density at radius 2 is 1.95 bits per heavy atom. The summed E-state index contributed by atoms with van der Waals surface area (Å²) in [5.41, 5.74) is 3.28. The van der Waals surface area contributed by atoms with Crippen molar-refractivity contribution in [1.29, 1.82) is 0 Å². The molecule has 0 N–H and O–H groups in total. The van der Waals surface area contributed by atoms with Crippen LogP contribution >= 0.6 is 0 Å². The Kier molecular flexibility index (Phi) is 3.79. The fraction of sp³-hybridized carbons (Fsp3) is 0.353. The molecule has 0 amide bonds. The zero-order chi connectivity index (χ0) is 15.7. The topological polar surface area (TPSA) is 61.2 Å². The summed E-state index contributed by atoms with van der Waals surface area (Å²) in [6.07, 6.45) is 1.97. The standard InChI is InChI=1S/C17H18N2O3/c1-11(20)12(2)22-17(21)16-14-9-6-10-15(14)19(18-16)13-7-4-3-5-8-13/h3-5,7-8,12H,6,9-10H2,1-2H3. The first kappa shape index (κ1) is 14.5. The number of carbonyl (C=O) groups excluding carboxylic acids is 2. The molecule has 1 aromatic carbocycles. The second-order valence-electron chi connectivity index (χ2n) is 5.53. The molecule has 0 saturated heterocycles. The molecule has 114 valence electrons. The SMILES string of the molecule is CC(=O)C(C)OC(=O)c1nn(-c2ccccc2)c2c1CCC2. The van der Waals surface area contributed by atoms with Crippen LogP contribution in [0.5, 0.6) is 0 Å². The zero-order valence-electron chi connectivity index (χ0n) is 12.7. The quantitative estimate of drug-likeness (QED) is 0.814. The molecule has 5 nitrogen and oxygen atoms in total. The molecule has 1 aromatic heterocycles. The molecular weight excluding hydrogens is 280 g/mol. The van der Waals surface area contributed by atoms with Crippen LogP contribution in [-0.4, -0.2) is 27.6 Å². The minimum atomic E-state index is -0.744. The average molecular weight is 298 g/mol. The Bertz CT molecular complexity index is 719. The van der Waals surface area contributed by atoms with Crippen LogP contribution < -0.4 is 0 Å². The van der Waals surface area contributed by atoms with E-state index in [1.54, 1.807) is 6.92 Å². The molecule has 2 aromatic rings. The van der Waals surface area contributed by atoms with Crippen LogP contribution in [0.25, 0.3) is 5.69 Å². The number of rotatable bonds is 4. The van der Waals surface area contributed by atoms with Crippen molar-refractivity contribution >= 4 is 11.8 Å². The van der Waals surface area contributed by atoms with Gasteiger partial charge in [0.1, 0.15) is 0 Å². The third-order valence-corrected chi connectivity index (χ3v) is 3.98. The van der Waals surface area contributed by atoms with E-state index in [2.05, 4.69) is 5.10 Å². The lowest BCUT2D eigenvalue weighted by Crippen LogP contribution is -2.22. The third kappa shape index (κ3) is 2.54. The predicted molar refractivity (Wildman–Crippen MR) is 81.1 cm³/mol. The number of benzene rings is 1. The molecule has 0 radical (unpaired) electrons. The van der Waals surface area contributed by atoms with Crippen molar-refractivity contribution in [2.45, 2.75) is 39.2 Å². The normalized spacial score (nSPS) is 14.5. The lowest BCUT2D eigenvalue weighted by atomic mass is 10.2. The Morgan fingerprint density at radius 1 is 1.23 bits per heavy atom. The molecule has 1 atom stereocenters. The van der Waals surface area contributed by atoms with Gasteiger partial charge in [-0.3, -0.25) is 4.79 Å². The summed E-state index contributed by atoms with van der Waals surface area (Å²) in [5, 5.41) is 4.45. The zero-order valence-corrected chi connectivity index (χ0v) is 12.7. The summed E-state index contributed by atoms with van der Waals surface area (Å²) in [4.78, 5) is 23.6. The van der Waals surface area contributed by atoms with Gasteiger partial charge in [0.25, 0.3) is 0 Å². The molecule has 1 aliphatic carbocycles. The summed E-state index contributed by atoms with van der Waals surface area (Å²) >= 11 is 0. The van der Waals surface area contributed by atoms with E-state index in [4.69, 9.17) is 4.74 Å². The smallest absolute Gasteiger partial charge is 0.359 e. The molecule has 0 spiro atoms. The number of ketones is 1. The molecule has 0 saturated carbocycles. The maximum atomic E-state index is 12.3. The van der Waals surface area contributed by atoms with E-state index < -0.39 is 12.1 Å². The lowest BCUT2D eigenvalue weighted by molar-refractivity contribution is -0.124. The maximum Gasteiger partial charge on any atom is 0.359 e. The second kappa shape index (κ2) is 5.75. The van der Waals surface area contributed by atoms with E-state index in [0.717, 1.165) is 36.2 Å². The predicted octanol–water partition coefficient (Wildman–Crippen LogP) is 2.50. The van der Waals surface area contributed by atoms with Crippen molar-refractivity contribution in [2.24, 2.45) is 0 Å². The Labute approximate surface area is 128 Å². The summed E-state index contributed by atoms with van der Waals surface area (Å²) in [7, 11) is 0. The number of esters is 1. The van der Waals surface area contributed by atoms with E-state index in [-0.39, 0.29) is 5.78 Å². The van der Waals surface area contributed by atoms with Crippen molar-refractivity contribution in [1.82, 2.24) is 9.78 Å². The van der Waals surface area contributed by atoms with E-state index >= 15 is 0 Å². The number of carbonyl (C=O) groups is 2. The monoisotopic (exact) mass is 298 g/mol. The van der Waals surface area contributed by atoms with E-state index in [0.29, 0.717) is 5.69 Å². The summed E-state index contributed by atoms with van der Waals surface area (Å²) in [5.74, 6) is -0.692. The first-order valence-corrected chi connectivity index (χ1v) is 7.45. The minimum Gasteiger partial charge on any atom is -0.450 e. The highest BCUT2D eigenvalue weighted by Crippen LogP contribution is 2.28. The van der Waals surface area contributed by atoms with Crippen molar-refractivity contribution in [3.8, 4) is 5.69 Å². The van der Waals surface area contributed by atoms with Crippen molar-refractivity contribution < 1.29 is 14.3 Å². The first-order valence-electron chi connectivity index (χ1n) is 7.45. The molecule has 0 aliphatic heterocycles. The van der Waals surface area contributed by atoms with E-state index in [9.17, 15) is 9.59 Å². The van der Waals surface area contributed by atoms with Gasteiger partial charge in [0.2, 0.25) is 0 Å². The molecule has 1 heterocycles. The van der Waals surface area contributed by atoms with Gasteiger partial charge in [0.15, 0.2) is 17.6 Å². The van der Waals surface area contributed by atoms with Crippen LogP contribution in [0, 0.1) is 0 Å². The molecular formula is C17H18N2O3. The number of hydrogen-bond acceptors (Lipinski definition) is 4. The van der Waals surface area contributed by atoms with E-state index in [1.807, 2.05) is 35.0 Å². The van der Waals surface area contributed by atoms with Gasteiger partial charge in [-0.1, -0.05) is 18.2 Å². The number of aromatic nitrogens is 2. The lowest BCUT2D eigenvalue weighted by Gasteiger charge is -2.09. The second-order valence-corrected chi connectivity index (χ2v) is 5.53. The Balaban J connectivity index is 1.97. The Morgan fingerprint density at radius 3 is 2.64 bits per heavy atom. The van der Waals surface area contributed by atoms with Crippen LogP contribution in [0.4, 0.5) is 0 Å². The summed E-state index contributed by atoms with van der Waals surface area (Å²) < 4.78 is 7.02. The third-order valence-electron chi connectivity index (χ3n) is 3.98. The first-order chi connectivity index (χ1) is 10.6. The largest absolute Gasteiger partial charge is 0.450 e. The number of para-hydroxylation sites is 1. The molecule has 22 heavy (non-hydrogen) atoms. The molecule has 1 unspecified atom stereocenters.